The lowest BCUT2D eigenvalue weighted by Crippen LogP contribution is -2.53. The second-order valence-corrected chi connectivity index (χ2v) is 4.98. The Labute approximate surface area is 101 Å². The van der Waals surface area contributed by atoms with Gasteiger partial charge in [-0.05, 0) is 6.92 Å². The highest BCUT2D eigenvalue weighted by Crippen LogP contribution is 2.15. The van der Waals surface area contributed by atoms with E-state index in [0.717, 1.165) is 22.3 Å². The van der Waals surface area contributed by atoms with Crippen molar-refractivity contribution < 1.29 is 4.79 Å². The quantitative estimate of drug-likeness (QED) is 0.725. The maximum Gasteiger partial charge on any atom is 0.237 e. The lowest BCUT2D eigenvalue weighted by molar-refractivity contribution is -0.124. The van der Waals surface area contributed by atoms with E-state index in [1.54, 1.807) is 4.52 Å². The first-order chi connectivity index (χ1) is 8.24. The van der Waals surface area contributed by atoms with Gasteiger partial charge in [0.05, 0.1) is 6.04 Å². The van der Waals surface area contributed by atoms with Gasteiger partial charge in [0.25, 0.3) is 0 Å². The largest absolute Gasteiger partial charge is 0.353 e. The van der Waals surface area contributed by atoms with Gasteiger partial charge in [-0.25, -0.2) is 0 Å². The molecular weight excluding hydrogens is 240 g/mol. The van der Waals surface area contributed by atoms with Crippen LogP contribution in [0.25, 0.3) is 4.96 Å². The first kappa shape index (κ1) is 10.6. The highest BCUT2D eigenvalue weighted by Gasteiger charge is 2.23. The number of fused-ring (bicyclic) bond motifs is 1. The number of piperazine rings is 1. The number of hydrogen-bond acceptors (Lipinski definition) is 6. The Kier molecular flexibility index (Phi) is 2.52. The molecule has 1 unspecified atom stereocenters. The molecule has 1 aliphatic heterocycles. The van der Waals surface area contributed by atoms with E-state index in [9.17, 15) is 4.79 Å². The van der Waals surface area contributed by atoms with Gasteiger partial charge in [0.15, 0.2) is 5.82 Å². The molecule has 1 fully saturated rings. The molecule has 2 aromatic rings. The van der Waals surface area contributed by atoms with Crippen LogP contribution in [0.4, 0.5) is 0 Å². The SMILES string of the molecule is Cc1nnc2sc(CC3NCCNC3=O)nn12. The Bertz CT molecular complexity index is 561. The molecule has 3 rings (SSSR count). The average molecular weight is 252 g/mol. The number of nitrogens with zero attached hydrogens (tertiary/aromatic N) is 4. The van der Waals surface area contributed by atoms with E-state index in [-0.39, 0.29) is 11.9 Å². The predicted octanol–water partition coefficient (Wildman–Crippen LogP) is -0.875. The Morgan fingerprint density at radius 2 is 2.35 bits per heavy atom. The van der Waals surface area contributed by atoms with Gasteiger partial charge in [0.2, 0.25) is 10.9 Å². The van der Waals surface area contributed by atoms with Crippen LogP contribution in [-0.2, 0) is 11.2 Å². The van der Waals surface area contributed by atoms with Crippen LogP contribution in [-0.4, -0.2) is 44.8 Å². The highest BCUT2D eigenvalue weighted by molar-refractivity contribution is 7.16. The molecule has 8 heteroatoms. The smallest absolute Gasteiger partial charge is 0.237 e. The molecule has 0 spiro atoms. The number of rotatable bonds is 2. The summed E-state index contributed by atoms with van der Waals surface area (Å²) in [6.45, 7) is 3.36. The number of aromatic nitrogens is 4. The number of aryl methyl sites for hydroxylation is 1. The van der Waals surface area contributed by atoms with Gasteiger partial charge in [-0.2, -0.15) is 9.61 Å². The topological polar surface area (TPSA) is 84.2 Å². The minimum atomic E-state index is -0.187. The second kappa shape index (κ2) is 4.04. The lowest BCUT2D eigenvalue weighted by Gasteiger charge is -2.22. The molecule has 90 valence electrons. The molecule has 1 amide bonds. The van der Waals surface area contributed by atoms with Crippen LogP contribution < -0.4 is 10.6 Å². The number of carbonyl (C=O) groups excluding carboxylic acids is 1. The Hall–Kier alpha value is -1.54. The summed E-state index contributed by atoms with van der Waals surface area (Å²) in [7, 11) is 0. The van der Waals surface area contributed by atoms with Gasteiger partial charge in [0.1, 0.15) is 5.01 Å². The van der Waals surface area contributed by atoms with E-state index in [1.807, 2.05) is 6.92 Å². The van der Waals surface area contributed by atoms with Crippen LogP contribution in [0, 0.1) is 6.92 Å². The molecule has 17 heavy (non-hydrogen) atoms. The van der Waals surface area contributed by atoms with E-state index in [0.29, 0.717) is 13.0 Å². The maximum atomic E-state index is 11.6. The highest BCUT2D eigenvalue weighted by atomic mass is 32.1. The number of nitrogens with one attached hydrogen (secondary N) is 2. The van der Waals surface area contributed by atoms with Crippen molar-refractivity contribution in [1.29, 1.82) is 0 Å². The van der Waals surface area contributed by atoms with E-state index in [2.05, 4.69) is 25.9 Å². The lowest BCUT2D eigenvalue weighted by atomic mass is 10.1. The first-order valence-electron chi connectivity index (χ1n) is 5.43. The summed E-state index contributed by atoms with van der Waals surface area (Å²) in [4.78, 5) is 12.4. The van der Waals surface area contributed by atoms with Crippen molar-refractivity contribution in [2.24, 2.45) is 0 Å². The van der Waals surface area contributed by atoms with Gasteiger partial charge >= 0.3 is 0 Å². The van der Waals surface area contributed by atoms with Crippen molar-refractivity contribution >= 4 is 22.2 Å². The van der Waals surface area contributed by atoms with Gasteiger partial charge in [0, 0.05) is 19.5 Å². The normalized spacial score (nSPS) is 20.8. The third-order valence-corrected chi connectivity index (χ3v) is 3.62. The summed E-state index contributed by atoms with van der Waals surface area (Å²) >= 11 is 1.47. The van der Waals surface area contributed by atoms with E-state index in [4.69, 9.17) is 0 Å². The van der Waals surface area contributed by atoms with Crippen molar-refractivity contribution in [2.75, 3.05) is 13.1 Å². The monoisotopic (exact) mass is 252 g/mol. The zero-order valence-electron chi connectivity index (χ0n) is 9.30. The predicted molar refractivity (Wildman–Crippen MR) is 61.9 cm³/mol. The molecule has 1 aliphatic rings. The molecule has 1 atom stereocenters. The van der Waals surface area contributed by atoms with Crippen LogP contribution in [0.3, 0.4) is 0 Å². The van der Waals surface area contributed by atoms with Crippen molar-refractivity contribution in [3.05, 3.63) is 10.8 Å². The van der Waals surface area contributed by atoms with Crippen LogP contribution in [0.1, 0.15) is 10.8 Å². The third kappa shape index (κ3) is 1.89. The van der Waals surface area contributed by atoms with Gasteiger partial charge < -0.3 is 10.6 Å². The van der Waals surface area contributed by atoms with E-state index < -0.39 is 0 Å². The zero-order valence-corrected chi connectivity index (χ0v) is 10.1. The summed E-state index contributed by atoms with van der Waals surface area (Å²) in [6.07, 6.45) is 0.597. The van der Waals surface area contributed by atoms with E-state index in [1.165, 1.54) is 11.3 Å². The number of carbonyl (C=O) groups is 1. The molecule has 3 heterocycles. The molecule has 2 N–H and O–H groups in total. The summed E-state index contributed by atoms with van der Waals surface area (Å²) in [6, 6.07) is -0.187. The van der Waals surface area contributed by atoms with Crippen LogP contribution in [0.2, 0.25) is 0 Å². The first-order valence-corrected chi connectivity index (χ1v) is 6.24. The molecule has 1 saturated heterocycles. The molecule has 2 aromatic heterocycles. The van der Waals surface area contributed by atoms with Crippen molar-refractivity contribution in [1.82, 2.24) is 30.4 Å². The molecular formula is C9H12N6OS. The fourth-order valence-electron chi connectivity index (χ4n) is 1.82. The number of amides is 1. The molecule has 0 aromatic carbocycles. The molecule has 0 radical (unpaired) electrons. The average Bonchev–Trinajstić information content (AvgIpc) is 2.85. The van der Waals surface area contributed by atoms with Crippen LogP contribution >= 0.6 is 11.3 Å². The van der Waals surface area contributed by atoms with E-state index >= 15 is 0 Å². The standard InChI is InChI=1S/C9H12N6OS/c1-5-12-13-9-15(5)14-7(17-9)4-6-8(16)11-3-2-10-6/h6,10H,2-4H2,1H3,(H,11,16). The second-order valence-electron chi connectivity index (χ2n) is 3.94. The molecule has 0 aliphatic carbocycles. The van der Waals surface area contributed by atoms with Gasteiger partial charge in [-0.15, -0.1) is 10.2 Å². The third-order valence-electron chi connectivity index (χ3n) is 2.70. The van der Waals surface area contributed by atoms with Gasteiger partial charge in [-0.1, -0.05) is 11.3 Å². The molecule has 7 nitrogen and oxygen atoms in total. The fourth-order valence-corrected chi connectivity index (χ4v) is 2.75. The van der Waals surface area contributed by atoms with Crippen molar-refractivity contribution in [2.45, 2.75) is 19.4 Å². The zero-order chi connectivity index (χ0) is 11.8. The fraction of sp³-hybridized carbons (Fsp3) is 0.556. The summed E-state index contributed by atoms with van der Waals surface area (Å²) in [5.41, 5.74) is 0. The van der Waals surface area contributed by atoms with Crippen molar-refractivity contribution in [3.8, 4) is 0 Å². The summed E-state index contributed by atoms with van der Waals surface area (Å²) < 4.78 is 1.71. The minimum Gasteiger partial charge on any atom is -0.353 e. The summed E-state index contributed by atoms with van der Waals surface area (Å²) in [5.74, 6) is 0.808. The Balaban J connectivity index is 1.81. The summed E-state index contributed by atoms with van der Waals surface area (Å²) in [5, 5.41) is 19.2. The maximum absolute atomic E-state index is 11.6. The van der Waals surface area contributed by atoms with Crippen molar-refractivity contribution in [3.63, 3.8) is 0 Å². The van der Waals surface area contributed by atoms with Gasteiger partial charge in [-0.3, -0.25) is 4.79 Å². The van der Waals surface area contributed by atoms with Crippen LogP contribution in [0.15, 0.2) is 0 Å². The van der Waals surface area contributed by atoms with Crippen LogP contribution in [0.5, 0.6) is 0 Å². The molecule has 0 bridgehead atoms. The Morgan fingerprint density at radius 3 is 3.12 bits per heavy atom. The minimum absolute atomic E-state index is 0.0407. The Morgan fingerprint density at radius 1 is 1.47 bits per heavy atom. The number of hydrogen-bond donors (Lipinski definition) is 2. The molecule has 0 saturated carbocycles.